The average molecular weight is 402 g/mol. The molecule has 0 radical (unpaired) electrons. The molecule has 0 aliphatic heterocycles. The zero-order chi connectivity index (χ0) is 13.5. The van der Waals surface area contributed by atoms with Gasteiger partial charge in [-0.15, -0.1) is 0 Å². The molecule has 0 rings (SSSR count). The van der Waals surface area contributed by atoms with Gasteiger partial charge in [-0.2, -0.15) is 0 Å². The summed E-state index contributed by atoms with van der Waals surface area (Å²) in [6, 6.07) is 0. The average Bonchev–Trinajstić information content (AvgIpc) is 1.41. The summed E-state index contributed by atoms with van der Waals surface area (Å²) in [4.78, 5) is 103. The van der Waals surface area contributed by atoms with Crippen LogP contribution in [0.5, 0.6) is 0 Å². The Morgan fingerprint density at radius 3 is 0.300 bits per heavy atom. The van der Waals surface area contributed by atoms with Crippen LogP contribution in [0, 0.1) is 0 Å². The fourth-order valence-electron chi connectivity index (χ4n) is 0. The van der Waals surface area contributed by atoms with Gasteiger partial charge in [-0.05, 0) is 0 Å². The molecule has 0 amide bonds. The van der Waals surface area contributed by atoms with Crippen LogP contribution in [0.3, 0.4) is 0 Å². The zero-order valence-electron chi connectivity index (χ0n) is 9.21. The molecule has 0 aliphatic rings. The maximum atomic E-state index is 8.58. The van der Waals surface area contributed by atoms with E-state index in [1.165, 1.54) is 0 Å². The fourth-order valence-corrected chi connectivity index (χ4v) is 0. The summed E-state index contributed by atoms with van der Waals surface area (Å²) < 4.78 is 0. The third-order valence-corrected chi connectivity index (χ3v) is 0. The van der Waals surface area contributed by atoms with Crippen LogP contribution in [-0.2, 0) is 0 Å². The minimum atomic E-state index is -5.61. The standard InChI is InChI=1S/4Al.3O4Si.H2O/c;;;;3*1-5(2,3)4;/h;;;;;;;1H2/q4*+3;3*-4;. The normalized spacial score (nSPS) is 9.00. The molecule has 0 heterocycles. The first-order chi connectivity index (χ1) is 6.00. The van der Waals surface area contributed by atoms with Gasteiger partial charge >= 0.3 is 69.4 Å². The van der Waals surface area contributed by atoms with Crippen LogP contribution in [0.1, 0.15) is 0 Å². The summed E-state index contributed by atoms with van der Waals surface area (Å²) in [5.74, 6) is 0. The first-order valence-electron chi connectivity index (χ1n) is 2.45. The smallest absolute Gasteiger partial charge is 0.894 e. The Labute approximate surface area is 159 Å². The van der Waals surface area contributed by atoms with Crippen molar-refractivity contribution in [3.05, 3.63) is 0 Å². The van der Waals surface area contributed by atoms with E-state index in [0.29, 0.717) is 0 Å². The molecule has 20 heteroatoms. The van der Waals surface area contributed by atoms with E-state index < -0.39 is 27.1 Å². The van der Waals surface area contributed by atoms with Crippen molar-refractivity contribution in [2.24, 2.45) is 0 Å². The van der Waals surface area contributed by atoms with E-state index in [0.717, 1.165) is 0 Å². The van der Waals surface area contributed by atoms with Crippen LogP contribution in [0.4, 0.5) is 0 Å². The summed E-state index contributed by atoms with van der Waals surface area (Å²) in [5.41, 5.74) is 0. The minimum Gasteiger partial charge on any atom is -0.894 e. The van der Waals surface area contributed by atoms with Crippen molar-refractivity contribution in [1.29, 1.82) is 0 Å². The monoisotopic (exact) mass is 402 g/mol. The Morgan fingerprint density at radius 1 is 0.300 bits per heavy atom. The van der Waals surface area contributed by atoms with Gasteiger partial charge in [0.2, 0.25) is 0 Å². The molecule has 13 nitrogen and oxygen atoms in total. The van der Waals surface area contributed by atoms with Gasteiger partial charge in [-0.25, -0.2) is 0 Å². The molecular weight excluding hydrogens is 400 g/mol. The summed E-state index contributed by atoms with van der Waals surface area (Å²) in [6.45, 7) is 0. The van der Waals surface area contributed by atoms with Gasteiger partial charge in [-0.3, -0.25) is 0 Å². The van der Waals surface area contributed by atoms with Crippen molar-refractivity contribution in [2.45, 2.75) is 0 Å². The second-order valence-corrected chi connectivity index (χ2v) is 4.50. The number of hydrogen-bond acceptors (Lipinski definition) is 12. The van der Waals surface area contributed by atoms with Gasteiger partial charge in [0.25, 0.3) is 0 Å². The molecular formula is H2Al4O13Si3. The third-order valence-electron chi connectivity index (χ3n) is 0. The van der Waals surface area contributed by atoms with Crippen molar-refractivity contribution in [2.75, 3.05) is 0 Å². The Hall–Kier alpha value is 2.26. The Morgan fingerprint density at radius 2 is 0.300 bits per heavy atom. The summed E-state index contributed by atoms with van der Waals surface area (Å²) >= 11 is 0. The van der Waals surface area contributed by atoms with Crippen LogP contribution < -0.4 is 57.5 Å². The Kier molecular flexibility index (Phi) is 52.6. The molecule has 2 N–H and O–H groups in total. The summed E-state index contributed by atoms with van der Waals surface area (Å²) in [6.07, 6.45) is 0. The van der Waals surface area contributed by atoms with Crippen molar-refractivity contribution < 1.29 is 63.0 Å². The molecule has 0 spiro atoms. The van der Waals surface area contributed by atoms with Gasteiger partial charge in [0.05, 0.1) is 0 Å². The summed E-state index contributed by atoms with van der Waals surface area (Å²) in [7, 11) is -16.8. The van der Waals surface area contributed by atoms with Gasteiger partial charge in [0, 0.05) is 0 Å². The van der Waals surface area contributed by atoms with Crippen LogP contribution in [-0.4, -0.2) is 102 Å². The zero-order valence-corrected chi connectivity index (χ0v) is 16.8. The van der Waals surface area contributed by atoms with E-state index in [9.17, 15) is 0 Å². The first-order valence-corrected chi connectivity index (χ1v) is 7.35. The quantitative estimate of drug-likeness (QED) is 0.341. The second kappa shape index (κ2) is 21.3. The van der Waals surface area contributed by atoms with E-state index in [1.807, 2.05) is 0 Å². The van der Waals surface area contributed by atoms with Crippen LogP contribution >= 0.6 is 0 Å². The van der Waals surface area contributed by atoms with E-state index in [4.69, 9.17) is 57.5 Å². The first kappa shape index (κ1) is 49.5. The van der Waals surface area contributed by atoms with Crippen LogP contribution in [0.2, 0.25) is 0 Å². The fraction of sp³-hybridized carbons (Fsp3) is 0. The number of hydrogen-bond donors (Lipinski definition) is 0. The molecule has 0 aliphatic carbocycles. The maximum absolute atomic E-state index is 8.58. The molecule has 0 aromatic rings. The number of rotatable bonds is 0. The van der Waals surface area contributed by atoms with Crippen molar-refractivity contribution >= 4 is 96.6 Å². The molecule has 0 saturated carbocycles. The van der Waals surface area contributed by atoms with Crippen molar-refractivity contribution in [3.63, 3.8) is 0 Å². The maximum Gasteiger partial charge on any atom is 3.00 e. The van der Waals surface area contributed by atoms with E-state index in [2.05, 4.69) is 0 Å². The van der Waals surface area contributed by atoms with Crippen LogP contribution in [0.25, 0.3) is 0 Å². The largest absolute Gasteiger partial charge is 3.00 e. The Balaban J connectivity index is -0.0000000160. The van der Waals surface area contributed by atoms with E-state index in [1.54, 1.807) is 0 Å². The van der Waals surface area contributed by atoms with Gasteiger partial charge in [0.15, 0.2) is 0 Å². The van der Waals surface area contributed by atoms with Gasteiger partial charge < -0.3 is 90.2 Å². The molecule has 0 atom stereocenters. The summed E-state index contributed by atoms with van der Waals surface area (Å²) in [5, 5.41) is 0. The Bertz CT molecular complexity index is 101. The molecule has 104 valence electrons. The van der Waals surface area contributed by atoms with Gasteiger partial charge in [0.1, 0.15) is 0 Å². The van der Waals surface area contributed by atoms with E-state index in [-0.39, 0.29) is 74.9 Å². The molecule has 0 saturated heterocycles. The molecule has 0 fully saturated rings. The molecule has 0 aromatic heterocycles. The molecule has 20 heavy (non-hydrogen) atoms. The molecule has 0 aromatic carbocycles. The second-order valence-electron chi connectivity index (χ2n) is 1.50. The molecule has 0 bridgehead atoms. The van der Waals surface area contributed by atoms with E-state index >= 15 is 0 Å². The molecule has 0 unspecified atom stereocenters. The predicted octanol–water partition coefficient (Wildman–Crippen LogP) is -17.8. The third kappa shape index (κ3) is 1470. The SMILES string of the molecule is O.[Al+3].[Al+3].[Al+3].[Al+3].[O-][Si]([O-])([O-])[O-].[O-][Si]([O-])([O-])[O-].[O-][Si]([O-])([O-])[O-]. The van der Waals surface area contributed by atoms with Crippen LogP contribution in [0.15, 0.2) is 0 Å². The van der Waals surface area contributed by atoms with Crippen molar-refractivity contribution in [3.8, 4) is 0 Å². The topological polar surface area (TPSA) is 308 Å². The van der Waals surface area contributed by atoms with Gasteiger partial charge in [-0.1, -0.05) is 0 Å². The minimum absolute atomic E-state index is 0. The predicted molar refractivity (Wildman–Crippen MR) is 43.9 cm³/mol. The van der Waals surface area contributed by atoms with Crippen molar-refractivity contribution in [1.82, 2.24) is 0 Å².